The Kier molecular flexibility index (Phi) is 1.43. The lowest BCUT2D eigenvalue weighted by Gasteiger charge is -1.97. The molecule has 2 rings (SSSR count). The second-order valence-corrected chi connectivity index (χ2v) is 3.09. The van der Waals surface area contributed by atoms with Crippen molar-refractivity contribution in [3.8, 4) is 0 Å². The number of hydrogen-bond acceptors (Lipinski definition) is 0. The third kappa shape index (κ3) is 0.843. The maximum Gasteiger partial charge on any atom is 0.132 e. The molecule has 0 spiro atoms. The lowest BCUT2D eigenvalue weighted by molar-refractivity contribution is 0.639. The van der Waals surface area contributed by atoms with Crippen molar-refractivity contribution in [2.45, 2.75) is 13.8 Å². The molecule has 0 unspecified atom stereocenters. The van der Waals surface area contributed by atoms with Crippen molar-refractivity contribution in [1.29, 1.82) is 0 Å². The van der Waals surface area contributed by atoms with Crippen molar-refractivity contribution >= 4 is 10.9 Å². The fourth-order valence-electron chi connectivity index (χ4n) is 1.51. The molecule has 12 heavy (non-hydrogen) atoms. The number of nitrogens with one attached hydrogen (secondary N) is 1. The fourth-order valence-corrected chi connectivity index (χ4v) is 1.51. The van der Waals surface area contributed by atoms with E-state index < -0.39 is 0 Å². The monoisotopic (exact) mass is 163 g/mol. The minimum atomic E-state index is -0.144. The summed E-state index contributed by atoms with van der Waals surface area (Å²) in [6.45, 7) is 3.87. The van der Waals surface area contributed by atoms with E-state index in [4.69, 9.17) is 0 Å². The number of rotatable bonds is 0. The highest BCUT2D eigenvalue weighted by molar-refractivity contribution is 5.86. The minimum Gasteiger partial charge on any atom is -0.361 e. The topological polar surface area (TPSA) is 15.8 Å². The van der Waals surface area contributed by atoms with Crippen molar-refractivity contribution in [2.24, 2.45) is 0 Å². The molecule has 1 nitrogen and oxygen atoms in total. The zero-order valence-electron chi connectivity index (χ0n) is 7.11. The predicted octanol–water partition coefficient (Wildman–Crippen LogP) is 2.92. The number of aromatic amines is 1. The van der Waals surface area contributed by atoms with Crippen molar-refractivity contribution in [3.63, 3.8) is 0 Å². The van der Waals surface area contributed by atoms with Gasteiger partial charge in [0.1, 0.15) is 5.82 Å². The molecule has 1 aromatic carbocycles. The van der Waals surface area contributed by atoms with Gasteiger partial charge in [0.2, 0.25) is 0 Å². The minimum absolute atomic E-state index is 0.144. The van der Waals surface area contributed by atoms with E-state index >= 15 is 0 Å². The van der Waals surface area contributed by atoms with Gasteiger partial charge in [0, 0.05) is 11.6 Å². The summed E-state index contributed by atoms with van der Waals surface area (Å²) in [5.41, 5.74) is 2.96. The third-order valence-electron chi connectivity index (χ3n) is 2.19. The highest BCUT2D eigenvalue weighted by Gasteiger charge is 2.06. The van der Waals surface area contributed by atoms with Crippen LogP contribution in [0.3, 0.4) is 0 Å². The Morgan fingerprint density at radius 3 is 2.58 bits per heavy atom. The number of H-pyrrole nitrogens is 1. The standard InChI is InChI=1S/C10H10FN/c1-6-3-4-8(11)9-7(2)5-12-10(6)9/h3-5,12H,1-2H3. The molecule has 1 heterocycles. The SMILES string of the molecule is Cc1ccc(F)c2c(C)c[nH]c12. The van der Waals surface area contributed by atoms with E-state index in [9.17, 15) is 4.39 Å². The molecule has 0 saturated heterocycles. The summed E-state index contributed by atoms with van der Waals surface area (Å²) in [4.78, 5) is 3.06. The van der Waals surface area contributed by atoms with Gasteiger partial charge in [-0.05, 0) is 31.0 Å². The molecule has 2 heteroatoms. The summed E-state index contributed by atoms with van der Waals surface area (Å²) in [6, 6.07) is 3.30. The molecule has 1 aromatic heterocycles. The second-order valence-electron chi connectivity index (χ2n) is 3.09. The Balaban J connectivity index is 2.98. The van der Waals surface area contributed by atoms with Crippen LogP contribution in [0.1, 0.15) is 11.1 Å². The fraction of sp³-hybridized carbons (Fsp3) is 0.200. The molecule has 62 valence electrons. The molecule has 0 amide bonds. The van der Waals surface area contributed by atoms with Crippen LogP contribution in [0.5, 0.6) is 0 Å². The Labute approximate surface area is 70.2 Å². The lowest BCUT2D eigenvalue weighted by atomic mass is 10.1. The first kappa shape index (κ1) is 7.35. The average Bonchev–Trinajstić information content (AvgIpc) is 2.42. The number of halogens is 1. The third-order valence-corrected chi connectivity index (χ3v) is 2.19. The first-order valence-electron chi connectivity index (χ1n) is 3.93. The maximum absolute atomic E-state index is 13.2. The number of aromatic nitrogens is 1. The number of aryl methyl sites for hydroxylation is 2. The first-order valence-corrected chi connectivity index (χ1v) is 3.93. The quantitative estimate of drug-likeness (QED) is 0.614. The molecule has 0 fully saturated rings. The molecule has 0 radical (unpaired) electrons. The van der Waals surface area contributed by atoms with E-state index in [2.05, 4.69) is 4.98 Å². The molecular weight excluding hydrogens is 153 g/mol. The van der Waals surface area contributed by atoms with Gasteiger partial charge in [0.25, 0.3) is 0 Å². The predicted molar refractivity (Wildman–Crippen MR) is 47.7 cm³/mol. The summed E-state index contributed by atoms with van der Waals surface area (Å²) in [5.74, 6) is -0.144. The first-order chi connectivity index (χ1) is 5.70. The molecule has 0 bridgehead atoms. The van der Waals surface area contributed by atoms with Crippen LogP contribution in [0, 0.1) is 19.7 Å². The van der Waals surface area contributed by atoms with E-state index in [1.54, 1.807) is 6.07 Å². The molecule has 1 N–H and O–H groups in total. The van der Waals surface area contributed by atoms with Gasteiger partial charge in [-0.25, -0.2) is 4.39 Å². The van der Waals surface area contributed by atoms with Crippen LogP contribution in [0.2, 0.25) is 0 Å². The van der Waals surface area contributed by atoms with Crippen LogP contribution >= 0.6 is 0 Å². The van der Waals surface area contributed by atoms with Gasteiger partial charge in [-0.2, -0.15) is 0 Å². The zero-order chi connectivity index (χ0) is 8.72. The van der Waals surface area contributed by atoms with E-state index in [0.29, 0.717) is 0 Å². The highest BCUT2D eigenvalue weighted by atomic mass is 19.1. The van der Waals surface area contributed by atoms with Gasteiger partial charge < -0.3 is 4.98 Å². The van der Waals surface area contributed by atoms with E-state index in [-0.39, 0.29) is 5.82 Å². The van der Waals surface area contributed by atoms with Gasteiger partial charge in [0.15, 0.2) is 0 Å². The molecule has 0 saturated carbocycles. The largest absolute Gasteiger partial charge is 0.361 e. The van der Waals surface area contributed by atoms with Crippen LogP contribution in [0.4, 0.5) is 4.39 Å². The summed E-state index contributed by atoms with van der Waals surface area (Å²) in [7, 11) is 0. The van der Waals surface area contributed by atoms with E-state index in [0.717, 1.165) is 22.0 Å². The number of fused-ring (bicyclic) bond motifs is 1. The van der Waals surface area contributed by atoms with Gasteiger partial charge >= 0.3 is 0 Å². The Hall–Kier alpha value is -1.31. The van der Waals surface area contributed by atoms with Gasteiger partial charge in [-0.3, -0.25) is 0 Å². The molecule has 2 aromatic rings. The van der Waals surface area contributed by atoms with Crippen LogP contribution in [-0.2, 0) is 0 Å². The molecule has 0 atom stereocenters. The Morgan fingerprint density at radius 2 is 1.92 bits per heavy atom. The number of benzene rings is 1. The van der Waals surface area contributed by atoms with Crippen molar-refractivity contribution < 1.29 is 4.39 Å². The normalized spacial score (nSPS) is 10.9. The zero-order valence-corrected chi connectivity index (χ0v) is 7.11. The van der Waals surface area contributed by atoms with Gasteiger partial charge in [-0.1, -0.05) is 6.07 Å². The van der Waals surface area contributed by atoms with Crippen molar-refractivity contribution in [2.75, 3.05) is 0 Å². The highest BCUT2D eigenvalue weighted by Crippen LogP contribution is 2.23. The van der Waals surface area contributed by atoms with Crippen LogP contribution < -0.4 is 0 Å². The average molecular weight is 163 g/mol. The van der Waals surface area contributed by atoms with Crippen molar-refractivity contribution in [3.05, 3.63) is 35.3 Å². The van der Waals surface area contributed by atoms with Gasteiger partial charge in [0.05, 0.1) is 5.52 Å². The smallest absolute Gasteiger partial charge is 0.132 e. The van der Waals surface area contributed by atoms with Crippen LogP contribution in [-0.4, -0.2) is 4.98 Å². The summed E-state index contributed by atoms with van der Waals surface area (Å²) in [5, 5.41) is 0.718. The van der Waals surface area contributed by atoms with Crippen molar-refractivity contribution in [1.82, 2.24) is 4.98 Å². The molecule has 0 aliphatic heterocycles. The lowest BCUT2D eigenvalue weighted by Crippen LogP contribution is -1.81. The van der Waals surface area contributed by atoms with E-state index in [1.165, 1.54) is 6.07 Å². The van der Waals surface area contributed by atoms with E-state index in [1.807, 2.05) is 20.0 Å². The Bertz CT molecular complexity index is 429. The molecule has 0 aliphatic carbocycles. The van der Waals surface area contributed by atoms with Crippen LogP contribution in [0.25, 0.3) is 10.9 Å². The maximum atomic E-state index is 13.2. The summed E-state index contributed by atoms with van der Waals surface area (Å²) >= 11 is 0. The summed E-state index contributed by atoms with van der Waals surface area (Å²) in [6.07, 6.45) is 1.83. The molecule has 0 aliphatic rings. The van der Waals surface area contributed by atoms with Crippen LogP contribution in [0.15, 0.2) is 18.3 Å². The second kappa shape index (κ2) is 2.34. The van der Waals surface area contributed by atoms with Gasteiger partial charge in [-0.15, -0.1) is 0 Å². The molecular formula is C10H10FN. The number of hydrogen-bond donors (Lipinski definition) is 1. The Morgan fingerprint density at radius 1 is 1.17 bits per heavy atom. The summed E-state index contributed by atoms with van der Waals surface area (Å²) < 4.78 is 13.2.